The molecule has 2 saturated heterocycles. The molecule has 178 valence electrons. The first-order valence-corrected chi connectivity index (χ1v) is 12.4. The third-order valence-corrected chi connectivity index (χ3v) is 7.17. The zero-order valence-corrected chi connectivity index (χ0v) is 20.4. The molecule has 2 aromatic carbocycles. The maximum atomic E-state index is 13.0. The number of aliphatic hydroxyl groups is 1. The lowest BCUT2D eigenvalue weighted by Gasteiger charge is -2.43. The standard InChI is InChI=1S/C25H32Cl2N4O2/c1-17(22-9-8-18(26)13-23(22)27)29-19-5-4-6-20(14-19)30-11-12-31(21(15-30)16-32)25(33)24-7-2-3-10-28-24/h4-6,8-9,13-14,17,21,24,28-29,32H,2-3,7,10-12,15-16H2,1H3/t17-,21+,24?/m1/s1. The maximum absolute atomic E-state index is 13.0. The van der Waals surface area contributed by atoms with Crippen LogP contribution in [0.3, 0.4) is 0 Å². The normalized spacial score (nSPS) is 22.2. The molecule has 0 aromatic heterocycles. The number of anilines is 2. The number of piperidine rings is 1. The number of nitrogens with one attached hydrogen (secondary N) is 2. The van der Waals surface area contributed by atoms with E-state index in [0.717, 1.165) is 49.3 Å². The molecule has 2 aliphatic rings. The van der Waals surface area contributed by atoms with Gasteiger partial charge in [0.1, 0.15) is 0 Å². The fraction of sp³-hybridized carbons (Fsp3) is 0.480. The highest BCUT2D eigenvalue weighted by Crippen LogP contribution is 2.30. The van der Waals surface area contributed by atoms with Crippen LogP contribution < -0.4 is 15.5 Å². The summed E-state index contributed by atoms with van der Waals surface area (Å²) in [6, 6.07) is 13.4. The highest BCUT2D eigenvalue weighted by Gasteiger charge is 2.34. The van der Waals surface area contributed by atoms with E-state index in [4.69, 9.17) is 23.2 Å². The number of hydrogen-bond acceptors (Lipinski definition) is 5. The molecular formula is C25H32Cl2N4O2. The number of halogens is 2. The fourth-order valence-corrected chi connectivity index (χ4v) is 5.34. The van der Waals surface area contributed by atoms with Gasteiger partial charge in [0.2, 0.25) is 5.91 Å². The molecule has 6 nitrogen and oxygen atoms in total. The highest BCUT2D eigenvalue weighted by atomic mass is 35.5. The van der Waals surface area contributed by atoms with Gasteiger partial charge in [-0.15, -0.1) is 0 Å². The van der Waals surface area contributed by atoms with Crippen LogP contribution in [0.1, 0.15) is 37.8 Å². The molecule has 1 amide bonds. The van der Waals surface area contributed by atoms with Crippen LogP contribution in [0, 0.1) is 0 Å². The molecular weight excluding hydrogens is 459 g/mol. The number of piperazine rings is 1. The number of amides is 1. The summed E-state index contributed by atoms with van der Waals surface area (Å²) in [5.41, 5.74) is 3.03. The van der Waals surface area contributed by atoms with E-state index in [1.165, 1.54) is 0 Å². The van der Waals surface area contributed by atoms with Crippen LogP contribution in [0.4, 0.5) is 11.4 Å². The van der Waals surface area contributed by atoms with Gasteiger partial charge >= 0.3 is 0 Å². The Hall–Kier alpha value is -1.99. The number of carbonyl (C=O) groups excluding carboxylic acids is 1. The third-order valence-electron chi connectivity index (χ3n) is 6.61. The van der Waals surface area contributed by atoms with Crippen molar-refractivity contribution in [3.63, 3.8) is 0 Å². The predicted molar refractivity (Wildman–Crippen MR) is 135 cm³/mol. The second-order valence-electron chi connectivity index (χ2n) is 8.90. The molecule has 3 atom stereocenters. The summed E-state index contributed by atoms with van der Waals surface area (Å²) in [5.74, 6) is 0.123. The van der Waals surface area contributed by atoms with Gasteiger partial charge in [-0.1, -0.05) is 41.8 Å². The Kier molecular flexibility index (Phi) is 8.02. The lowest BCUT2D eigenvalue weighted by molar-refractivity contribution is -0.137. The summed E-state index contributed by atoms with van der Waals surface area (Å²) in [6.07, 6.45) is 3.07. The minimum Gasteiger partial charge on any atom is -0.394 e. The monoisotopic (exact) mass is 490 g/mol. The Morgan fingerprint density at radius 3 is 2.79 bits per heavy atom. The number of carbonyl (C=O) groups is 1. The van der Waals surface area contributed by atoms with E-state index in [2.05, 4.69) is 34.6 Å². The molecule has 1 unspecified atom stereocenters. The molecule has 2 aromatic rings. The van der Waals surface area contributed by atoms with Gasteiger partial charge in [0, 0.05) is 47.1 Å². The molecule has 0 saturated carbocycles. The number of nitrogens with zero attached hydrogens (tertiary/aromatic N) is 2. The zero-order valence-electron chi connectivity index (χ0n) is 18.9. The van der Waals surface area contributed by atoms with Crippen molar-refractivity contribution in [2.24, 2.45) is 0 Å². The number of hydrogen-bond donors (Lipinski definition) is 3. The zero-order chi connectivity index (χ0) is 23.4. The van der Waals surface area contributed by atoms with Gasteiger partial charge in [-0.05, 0) is 62.2 Å². The number of benzene rings is 2. The van der Waals surface area contributed by atoms with Crippen molar-refractivity contribution in [3.8, 4) is 0 Å². The molecule has 0 aliphatic carbocycles. The first-order valence-electron chi connectivity index (χ1n) is 11.7. The Morgan fingerprint density at radius 2 is 2.06 bits per heavy atom. The molecule has 4 rings (SSSR count). The highest BCUT2D eigenvalue weighted by molar-refractivity contribution is 6.35. The van der Waals surface area contributed by atoms with E-state index in [1.807, 2.05) is 29.2 Å². The second-order valence-corrected chi connectivity index (χ2v) is 9.74. The van der Waals surface area contributed by atoms with E-state index in [-0.39, 0.29) is 30.6 Å². The van der Waals surface area contributed by atoms with E-state index < -0.39 is 0 Å². The van der Waals surface area contributed by atoms with Gasteiger partial charge in [0.05, 0.1) is 18.7 Å². The van der Waals surface area contributed by atoms with Crippen LogP contribution in [-0.2, 0) is 4.79 Å². The Balaban J connectivity index is 1.42. The van der Waals surface area contributed by atoms with Gasteiger partial charge < -0.3 is 25.5 Å². The fourth-order valence-electron chi connectivity index (χ4n) is 4.77. The Labute approximate surface area is 205 Å². The van der Waals surface area contributed by atoms with Crippen molar-refractivity contribution in [1.82, 2.24) is 10.2 Å². The lowest BCUT2D eigenvalue weighted by atomic mass is 10.0. The largest absolute Gasteiger partial charge is 0.394 e. The molecule has 2 heterocycles. The SMILES string of the molecule is C[C@@H](Nc1cccc(N2CCN(C(=O)C3CCCCN3)[C@H](CO)C2)c1)c1ccc(Cl)cc1Cl. The average Bonchev–Trinajstić information content (AvgIpc) is 2.83. The van der Waals surface area contributed by atoms with E-state index in [9.17, 15) is 9.90 Å². The van der Waals surface area contributed by atoms with Crippen LogP contribution >= 0.6 is 23.2 Å². The van der Waals surface area contributed by atoms with Crippen molar-refractivity contribution < 1.29 is 9.90 Å². The molecule has 33 heavy (non-hydrogen) atoms. The van der Waals surface area contributed by atoms with Crippen LogP contribution in [-0.4, -0.2) is 60.8 Å². The lowest BCUT2D eigenvalue weighted by Crippen LogP contribution is -2.60. The molecule has 0 radical (unpaired) electrons. The van der Waals surface area contributed by atoms with Crippen LogP contribution in [0.25, 0.3) is 0 Å². The molecule has 0 bridgehead atoms. The van der Waals surface area contributed by atoms with Gasteiger partial charge in [-0.2, -0.15) is 0 Å². The molecule has 2 aliphatic heterocycles. The van der Waals surface area contributed by atoms with Crippen molar-refractivity contribution in [3.05, 3.63) is 58.1 Å². The summed E-state index contributed by atoms with van der Waals surface area (Å²) >= 11 is 12.4. The number of rotatable bonds is 6. The first kappa shape index (κ1) is 24.1. The molecule has 3 N–H and O–H groups in total. The van der Waals surface area contributed by atoms with E-state index in [1.54, 1.807) is 6.07 Å². The van der Waals surface area contributed by atoms with Crippen molar-refractivity contribution >= 4 is 40.5 Å². The van der Waals surface area contributed by atoms with Gasteiger partial charge in [0.25, 0.3) is 0 Å². The molecule has 2 fully saturated rings. The summed E-state index contributed by atoms with van der Waals surface area (Å²) in [6.45, 7) is 4.86. The van der Waals surface area contributed by atoms with E-state index >= 15 is 0 Å². The molecule has 8 heteroatoms. The maximum Gasteiger partial charge on any atom is 0.240 e. The Morgan fingerprint density at radius 1 is 1.21 bits per heavy atom. The van der Waals surface area contributed by atoms with Gasteiger partial charge in [0.15, 0.2) is 0 Å². The quantitative estimate of drug-likeness (QED) is 0.562. The minimum atomic E-state index is -0.210. The number of aliphatic hydroxyl groups excluding tert-OH is 1. The van der Waals surface area contributed by atoms with Gasteiger partial charge in [-0.25, -0.2) is 0 Å². The average molecular weight is 491 g/mol. The van der Waals surface area contributed by atoms with E-state index in [0.29, 0.717) is 23.1 Å². The summed E-state index contributed by atoms with van der Waals surface area (Å²) in [4.78, 5) is 17.1. The van der Waals surface area contributed by atoms with Gasteiger partial charge in [-0.3, -0.25) is 4.79 Å². The Bertz CT molecular complexity index is 967. The minimum absolute atomic E-state index is 0.00710. The van der Waals surface area contributed by atoms with Crippen LogP contribution in [0.5, 0.6) is 0 Å². The second kappa shape index (κ2) is 11.0. The summed E-state index contributed by atoms with van der Waals surface area (Å²) in [5, 5.41) is 18.2. The van der Waals surface area contributed by atoms with Crippen molar-refractivity contribution in [1.29, 1.82) is 0 Å². The topological polar surface area (TPSA) is 67.8 Å². The summed E-state index contributed by atoms with van der Waals surface area (Å²) in [7, 11) is 0. The summed E-state index contributed by atoms with van der Waals surface area (Å²) < 4.78 is 0. The van der Waals surface area contributed by atoms with Crippen LogP contribution in [0.15, 0.2) is 42.5 Å². The van der Waals surface area contributed by atoms with Crippen LogP contribution in [0.2, 0.25) is 10.0 Å². The molecule has 0 spiro atoms. The smallest absolute Gasteiger partial charge is 0.240 e. The third kappa shape index (κ3) is 5.75. The predicted octanol–water partition coefficient (Wildman–Crippen LogP) is 4.32. The van der Waals surface area contributed by atoms with Crippen molar-refractivity contribution in [2.75, 3.05) is 43.0 Å². The first-order chi connectivity index (χ1) is 16.0. The van der Waals surface area contributed by atoms with Crippen molar-refractivity contribution in [2.45, 2.75) is 44.3 Å².